The second kappa shape index (κ2) is 8.09. The molecule has 1 unspecified atom stereocenters. The van der Waals surface area contributed by atoms with Crippen LogP contribution in [0.1, 0.15) is 48.9 Å². The van der Waals surface area contributed by atoms with Crippen molar-refractivity contribution in [2.75, 3.05) is 31.1 Å². The fraction of sp³-hybridized carbons (Fsp3) is 0.458. The lowest BCUT2D eigenvalue weighted by Gasteiger charge is -2.37. The van der Waals surface area contributed by atoms with Gasteiger partial charge < -0.3 is 9.80 Å². The summed E-state index contributed by atoms with van der Waals surface area (Å²) in [5.74, 6) is 1.22. The maximum absolute atomic E-state index is 13.2. The zero-order valence-electron chi connectivity index (χ0n) is 17.6. The second-order valence-corrected chi connectivity index (χ2v) is 8.36. The van der Waals surface area contributed by atoms with Gasteiger partial charge in [0.15, 0.2) is 5.82 Å². The van der Waals surface area contributed by atoms with E-state index in [1.54, 1.807) is 0 Å². The Morgan fingerprint density at radius 1 is 1.07 bits per heavy atom. The molecule has 1 saturated heterocycles. The Morgan fingerprint density at radius 2 is 1.83 bits per heavy atom. The van der Waals surface area contributed by atoms with E-state index in [1.807, 2.05) is 40.0 Å². The summed E-state index contributed by atoms with van der Waals surface area (Å²) in [4.78, 5) is 22.3. The quantitative estimate of drug-likeness (QED) is 0.670. The highest BCUT2D eigenvalue weighted by atomic mass is 16.2. The average molecular weight is 404 g/mol. The molecule has 3 aromatic rings. The van der Waals surface area contributed by atoms with E-state index >= 15 is 0 Å². The van der Waals surface area contributed by atoms with Crippen LogP contribution in [0.3, 0.4) is 0 Å². The lowest BCUT2D eigenvalue weighted by molar-refractivity contribution is -0.133. The van der Waals surface area contributed by atoms with Crippen molar-refractivity contribution in [2.45, 2.75) is 44.9 Å². The standard InChI is InChI=1S/C24H29N5O/c1-2-19(18-8-4-3-5-9-18)24(30)28-16-14-27(15-17-28)23-22-20-10-6-7-11-21(20)26-29(22)13-12-25-23/h3-5,8-9,12-13,19H,2,6-7,10-11,14-17H2,1H3. The van der Waals surface area contributed by atoms with Gasteiger partial charge in [0.25, 0.3) is 0 Å². The summed E-state index contributed by atoms with van der Waals surface area (Å²) in [7, 11) is 0. The Balaban J connectivity index is 1.34. The molecule has 0 N–H and O–H groups in total. The van der Waals surface area contributed by atoms with Crippen molar-refractivity contribution < 1.29 is 4.79 Å². The van der Waals surface area contributed by atoms with Gasteiger partial charge in [0.05, 0.1) is 11.6 Å². The molecule has 1 aliphatic heterocycles. The highest BCUT2D eigenvalue weighted by molar-refractivity contribution is 5.84. The number of carbonyl (C=O) groups excluding carboxylic acids is 1. The van der Waals surface area contributed by atoms with Crippen molar-refractivity contribution in [3.05, 3.63) is 59.5 Å². The minimum atomic E-state index is -0.0545. The number of hydrogen-bond donors (Lipinski definition) is 0. The number of hydrogen-bond acceptors (Lipinski definition) is 4. The molecule has 2 aliphatic rings. The summed E-state index contributed by atoms with van der Waals surface area (Å²) in [6.07, 6.45) is 9.24. The van der Waals surface area contributed by atoms with Gasteiger partial charge in [-0.2, -0.15) is 5.10 Å². The number of carbonyl (C=O) groups is 1. The molecule has 1 atom stereocenters. The number of aromatic nitrogens is 3. The molecule has 5 rings (SSSR count). The van der Waals surface area contributed by atoms with E-state index in [0.717, 1.165) is 56.8 Å². The van der Waals surface area contributed by atoms with Gasteiger partial charge in [-0.15, -0.1) is 0 Å². The summed E-state index contributed by atoms with van der Waals surface area (Å²) in [6, 6.07) is 10.2. The van der Waals surface area contributed by atoms with Gasteiger partial charge in [-0.25, -0.2) is 9.50 Å². The van der Waals surface area contributed by atoms with E-state index in [2.05, 4.69) is 24.0 Å². The molecule has 1 amide bonds. The molecule has 2 aromatic heterocycles. The SMILES string of the molecule is CCC(C(=O)N1CCN(c2nccn3nc4c(c23)CCCC4)CC1)c1ccccc1. The summed E-state index contributed by atoms with van der Waals surface area (Å²) >= 11 is 0. The third-order valence-corrected chi connectivity index (χ3v) is 6.60. The number of amides is 1. The van der Waals surface area contributed by atoms with Gasteiger partial charge in [-0.05, 0) is 37.7 Å². The zero-order chi connectivity index (χ0) is 20.5. The van der Waals surface area contributed by atoms with Crippen molar-refractivity contribution in [1.82, 2.24) is 19.5 Å². The first-order valence-corrected chi connectivity index (χ1v) is 11.2. The highest BCUT2D eigenvalue weighted by Gasteiger charge is 2.29. The van der Waals surface area contributed by atoms with E-state index < -0.39 is 0 Å². The Kier molecular flexibility index (Phi) is 5.15. The fourth-order valence-corrected chi connectivity index (χ4v) is 4.98. The molecule has 3 heterocycles. The number of anilines is 1. The van der Waals surface area contributed by atoms with Crippen molar-refractivity contribution in [3.63, 3.8) is 0 Å². The monoisotopic (exact) mass is 403 g/mol. The van der Waals surface area contributed by atoms with Crippen LogP contribution >= 0.6 is 0 Å². The van der Waals surface area contributed by atoms with Gasteiger partial charge in [-0.1, -0.05) is 37.3 Å². The summed E-state index contributed by atoms with van der Waals surface area (Å²) in [6.45, 7) is 5.19. The number of fused-ring (bicyclic) bond motifs is 3. The Hall–Kier alpha value is -2.89. The molecular weight excluding hydrogens is 374 g/mol. The van der Waals surface area contributed by atoms with Crippen LogP contribution in [-0.4, -0.2) is 51.6 Å². The minimum absolute atomic E-state index is 0.0545. The van der Waals surface area contributed by atoms with E-state index in [1.165, 1.54) is 29.6 Å². The zero-order valence-corrected chi connectivity index (χ0v) is 17.6. The number of rotatable bonds is 4. The molecule has 0 spiro atoms. The molecule has 156 valence electrons. The van der Waals surface area contributed by atoms with E-state index in [4.69, 9.17) is 10.1 Å². The molecule has 0 bridgehead atoms. The summed E-state index contributed by atoms with van der Waals surface area (Å²) in [5, 5.41) is 4.81. The molecule has 1 aromatic carbocycles. The Morgan fingerprint density at radius 3 is 2.60 bits per heavy atom. The van der Waals surface area contributed by atoms with Crippen molar-refractivity contribution in [1.29, 1.82) is 0 Å². The first-order valence-electron chi connectivity index (χ1n) is 11.2. The third kappa shape index (κ3) is 3.34. The van der Waals surface area contributed by atoms with Crippen LogP contribution < -0.4 is 4.90 Å². The molecule has 1 fully saturated rings. The van der Waals surface area contributed by atoms with Gasteiger partial charge in [0.2, 0.25) is 5.91 Å². The first kappa shape index (κ1) is 19.1. The maximum Gasteiger partial charge on any atom is 0.230 e. The number of nitrogens with zero attached hydrogens (tertiary/aromatic N) is 5. The minimum Gasteiger partial charge on any atom is -0.351 e. The van der Waals surface area contributed by atoms with Gasteiger partial charge >= 0.3 is 0 Å². The van der Waals surface area contributed by atoms with Crippen molar-refractivity contribution >= 4 is 17.2 Å². The van der Waals surface area contributed by atoms with Crippen LogP contribution in [0.4, 0.5) is 5.82 Å². The molecular formula is C24H29N5O. The molecule has 6 heteroatoms. The topological polar surface area (TPSA) is 53.7 Å². The molecule has 0 saturated carbocycles. The smallest absolute Gasteiger partial charge is 0.230 e. The number of aryl methyl sites for hydroxylation is 2. The second-order valence-electron chi connectivity index (χ2n) is 8.36. The molecule has 6 nitrogen and oxygen atoms in total. The summed E-state index contributed by atoms with van der Waals surface area (Å²) < 4.78 is 2.01. The number of piperazine rings is 1. The normalized spacial score (nSPS) is 17.8. The molecule has 0 radical (unpaired) electrons. The predicted octanol–water partition coefficient (Wildman–Crippen LogP) is 3.45. The van der Waals surface area contributed by atoms with Crippen LogP contribution in [0.5, 0.6) is 0 Å². The van der Waals surface area contributed by atoms with Gasteiger partial charge in [0.1, 0.15) is 5.52 Å². The van der Waals surface area contributed by atoms with Crippen LogP contribution in [-0.2, 0) is 17.6 Å². The summed E-state index contributed by atoms with van der Waals surface area (Å²) in [5.41, 5.74) is 4.89. The van der Waals surface area contributed by atoms with Crippen molar-refractivity contribution in [2.24, 2.45) is 0 Å². The highest BCUT2D eigenvalue weighted by Crippen LogP contribution is 2.31. The van der Waals surface area contributed by atoms with E-state index in [0.29, 0.717) is 0 Å². The van der Waals surface area contributed by atoms with Gasteiger partial charge in [0, 0.05) is 44.1 Å². The lowest BCUT2D eigenvalue weighted by atomic mass is 9.94. The maximum atomic E-state index is 13.2. The van der Waals surface area contributed by atoms with Crippen LogP contribution in [0.2, 0.25) is 0 Å². The lowest BCUT2D eigenvalue weighted by Crippen LogP contribution is -2.50. The Bertz CT molecular complexity index is 1040. The van der Waals surface area contributed by atoms with Crippen LogP contribution in [0.15, 0.2) is 42.7 Å². The first-order chi connectivity index (χ1) is 14.8. The van der Waals surface area contributed by atoms with E-state index in [9.17, 15) is 4.79 Å². The molecule has 1 aliphatic carbocycles. The van der Waals surface area contributed by atoms with Crippen LogP contribution in [0.25, 0.3) is 5.52 Å². The van der Waals surface area contributed by atoms with Gasteiger partial charge in [-0.3, -0.25) is 4.79 Å². The molecule has 30 heavy (non-hydrogen) atoms. The van der Waals surface area contributed by atoms with Crippen molar-refractivity contribution in [3.8, 4) is 0 Å². The average Bonchev–Trinajstić information content (AvgIpc) is 3.19. The van der Waals surface area contributed by atoms with Crippen LogP contribution in [0, 0.1) is 0 Å². The predicted molar refractivity (Wildman–Crippen MR) is 118 cm³/mol. The largest absolute Gasteiger partial charge is 0.351 e. The Labute approximate surface area is 177 Å². The third-order valence-electron chi connectivity index (χ3n) is 6.60. The van der Waals surface area contributed by atoms with E-state index in [-0.39, 0.29) is 11.8 Å². The fourth-order valence-electron chi connectivity index (χ4n) is 4.98. The number of benzene rings is 1.